The maximum absolute atomic E-state index is 14.3. The van der Waals surface area contributed by atoms with Crippen LogP contribution in [-0.4, -0.2) is 108 Å². The minimum absolute atomic E-state index is 0.0518. The van der Waals surface area contributed by atoms with Gasteiger partial charge >= 0.3 is 0 Å². The summed E-state index contributed by atoms with van der Waals surface area (Å²) >= 11 is 1.38. The highest BCUT2D eigenvalue weighted by molar-refractivity contribution is 7.07. The number of methoxy groups -OCH3 is 1. The topological polar surface area (TPSA) is 179 Å². The lowest BCUT2D eigenvalue weighted by atomic mass is 9.80. The predicted molar refractivity (Wildman–Crippen MR) is 198 cm³/mol. The minimum Gasteiger partial charge on any atom is -0.497 e. The largest absolute Gasteiger partial charge is 0.497 e. The summed E-state index contributed by atoms with van der Waals surface area (Å²) in [5.74, 6) is -2.28. The number of morpholine rings is 1. The van der Waals surface area contributed by atoms with Crippen LogP contribution in [0.3, 0.4) is 0 Å². The first-order chi connectivity index (χ1) is 24.9. The molecule has 4 amide bonds. The van der Waals surface area contributed by atoms with Gasteiger partial charge in [-0.25, -0.2) is 4.98 Å². The number of aliphatic hydroxyl groups excluding tert-OH is 1. The van der Waals surface area contributed by atoms with Gasteiger partial charge in [0.1, 0.15) is 11.8 Å². The number of thiazole rings is 1. The van der Waals surface area contributed by atoms with Gasteiger partial charge in [0.25, 0.3) is 0 Å². The average molecular weight is 744 g/mol. The Balaban J connectivity index is 1.58. The van der Waals surface area contributed by atoms with Gasteiger partial charge in [-0.1, -0.05) is 44.2 Å². The highest BCUT2D eigenvalue weighted by atomic mass is 32.1. The second-order valence-electron chi connectivity index (χ2n) is 14.7. The summed E-state index contributed by atoms with van der Waals surface area (Å²) in [6.07, 6.45) is 4.78. The van der Waals surface area contributed by atoms with Crippen LogP contribution in [0, 0.1) is 17.8 Å². The normalized spacial score (nSPS) is 18.4. The number of aliphatic hydroxyl groups is 2. The molecule has 0 spiro atoms. The first kappa shape index (κ1) is 41.2. The Morgan fingerprint density at radius 3 is 2.31 bits per heavy atom. The summed E-state index contributed by atoms with van der Waals surface area (Å²) in [5, 5.41) is 32.9. The van der Waals surface area contributed by atoms with Crippen molar-refractivity contribution < 1.29 is 38.9 Å². The van der Waals surface area contributed by atoms with Crippen molar-refractivity contribution in [1.29, 1.82) is 0 Å². The first-order valence-corrected chi connectivity index (χ1v) is 19.4. The average Bonchev–Trinajstić information content (AvgIpc) is 3.66. The lowest BCUT2D eigenvalue weighted by Crippen LogP contribution is -2.56. The Bertz CT molecular complexity index is 1420. The number of benzene rings is 1. The fourth-order valence-electron chi connectivity index (χ4n) is 7.18. The number of carbonyl (C=O) groups excluding carboxylic acids is 4. The second kappa shape index (κ2) is 20.0. The molecule has 5 unspecified atom stereocenters. The van der Waals surface area contributed by atoms with Crippen LogP contribution in [0.15, 0.2) is 35.2 Å². The highest BCUT2D eigenvalue weighted by Crippen LogP contribution is 2.30. The van der Waals surface area contributed by atoms with Crippen molar-refractivity contribution in [3.63, 3.8) is 0 Å². The Morgan fingerprint density at radius 1 is 1.02 bits per heavy atom. The van der Waals surface area contributed by atoms with Crippen molar-refractivity contribution in [2.45, 2.75) is 102 Å². The molecule has 5 N–H and O–H groups in total. The predicted octanol–water partition coefficient (Wildman–Crippen LogP) is 2.63. The van der Waals surface area contributed by atoms with E-state index in [2.05, 4.69) is 20.9 Å². The summed E-state index contributed by atoms with van der Waals surface area (Å²) in [5.41, 5.74) is 1.70. The monoisotopic (exact) mass is 743 g/mol. The lowest BCUT2D eigenvalue weighted by molar-refractivity contribution is -0.140. The molecule has 288 valence electrons. The Morgan fingerprint density at radius 2 is 1.71 bits per heavy atom. The lowest BCUT2D eigenvalue weighted by Gasteiger charge is -2.35. The number of rotatable bonds is 18. The maximum atomic E-state index is 14.3. The number of aromatic nitrogens is 1. The number of hydrogen-bond acceptors (Lipinski definition) is 10. The van der Waals surface area contributed by atoms with Gasteiger partial charge in [-0.15, -0.1) is 11.3 Å². The molecular formula is C38H57N5O8S. The molecule has 2 fully saturated rings. The minimum atomic E-state index is -1.42. The van der Waals surface area contributed by atoms with E-state index < -0.39 is 53.3 Å². The molecule has 2 aromatic rings. The Labute approximate surface area is 311 Å². The molecule has 1 aromatic carbocycles. The van der Waals surface area contributed by atoms with Gasteiger partial charge in [0.2, 0.25) is 23.6 Å². The zero-order valence-corrected chi connectivity index (χ0v) is 31.8. The zero-order chi connectivity index (χ0) is 37.7. The second-order valence-corrected chi connectivity index (χ2v) is 15.4. The van der Waals surface area contributed by atoms with Gasteiger partial charge in [0, 0.05) is 38.4 Å². The molecule has 1 saturated carbocycles. The number of nitrogens with zero attached hydrogens (tertiary/aromatic N) is 2. The number of carbonyl (C=O) groups is 4. The molecule has 0 radical (unpaired) electrons. The van der Waals surface area contributed by atoms with Crippen molar-refractivity contribution in [1.82, 2.24) is 25.8 Å². The summed E-state index contributed by atoms with van der Waals surface area (Å²) in [4.78, 5) is 60.7. The van der Waals surface area contributed by atoms with Crippen LogP contribution in [0.25, 0.3) is 0 Å². The van der Waals surface area contributed by atoms with Gasteiger partial charge in [-0.3, -0.25) is 19.2 Å². The van der Waals surface area contributed by atoms with E-state index >= 15 is 0 Å². The molecule has 1 aliphatic heterocycles. The molecule has 4 rings (SSSR count). The quantitative estimate of drug-likeness (QED) is 0.154. The van der Waals surface area contributed by atoms with Gasteiger partial charge in [-0.2, -0.15) is 0 Å². The molecule has 13 nitrogen and oxygen atoms in total. The van der Waals surface area contributed by atoms with Crippen LogP contribution in [-0.2, 0) is 36.8 Å². The van der Waals surface area contributed by atoms with Gasteiger partial charge < -0.3 is 40.5 Å². The van der Waals surface area contributed by atoms with Crippen LogP contribution < -0.4 is 20.7 Å². The molecule has 14 heteroatoms. The maximum Gasteiger partial charge on any atom is 0.243 e. The van der Waals surface area contributed by atoms with Crippen molar-refractivity contribution >= 4 is 35.0 Å². The third kappa shape index (κ3) is 12.5. The Hall–Kier alpha value is -3.59. The van der Waals surface area contributed by atoms with Crippen LogP contribution in [0.1, 0.15) is 76.5 Å². The van der Waals surface area contributed by atoms with E-state index in [4.69, 9.17) is 9.47 Å². The summed E-state index contributed by atoms with van der Waals surface area (Å²) in [6.45, 7) is 4.82. The van der Waals surface area contributed by atoms with Crippen molar-refractivity contribution in [3.05, 3.63) is 46.4 Å². The van der Waals surface area contributed by atoms with Crippen LogP contribution >= 0.6 is 11.3 Å². The molecular weight excluding hydrogens is 687 g/mol. The molecule has 2 heterocycles. The third-order valence-electron chi connectivity index (χ3n) is 10.3. The first-order valence-electron chi connectivity index (χ1n) is 18.5. The van der Waals surface area contributed by atoms with Crippen LogP contribution in [0.2, 0.25) is 0 Å². The number of hydrogen-bond donors (Lipinski definition) is 5. The van der Waals surface area contributed by atoms with Gasteiger partial charge in [-0.05, 0) is 56.7 Å². The molecule has 1 saturated heterocycles. The van der Waals surface area contributed by atoms with E-state index in [1.54, 1.807) is 29.7 Å². The molecule has 52 heavy (non-hydrogen) atoms. The standard InChI is InChI=1S/C38H57N5O8S/c1-38(2,49)30(36(47)39-3)22-33(44)31(19-25-8-6-5-7-9-25)41-37(48)32(21-28-23-52-24-40-28)42-35(46)27(18-26-10-12-29(50-4)13-11-26)20-34(45)43-14-16-51-17-15-43/h10-13,23-25,27,30-33,44,49H,5-9,14-22H2,1-4H3,(H,39,47)(H,41,48)(H,42,46). The zero-order valence-electron chi connectivity index (χ0n) is 31.0. The van der Waals surface area contributed by atoms with Crippen molar-refractivity contribution in [2.75, 3.05) is 40.5 Å². The van der Waals surface area contributed by atoms with E-state index in [0.29, 0.717) is 44.2 Å². The van der Waals surface area contributed by atoms with Crippen molar-refractivity contribution in [2.24, 2.45) is 17.8 Å². The molecule has 1 aromatic heterocycles. The summed E-state index contributed by atoms with van der Waals surface area (Å²) < 4.78 is 10.7. The Kier molecular flexibility index (Phi) is 15.9. The summed E-state index contributed by atoms with van der Waals surface area (Å²) in [7, 11) is 3.06. The smallest absolute Gasteiger partial charge is 0.243 e. The van der Waals surface area contributed by atoms with E-state index in [-0.39, 0.29) is 37.5 Å². The van der Waals surface area contributed by atoms with E-state index in [9.17, 15) is 29.4 Å². The molecule has 5 atom stereocenters. The molecule has 0 bridgehead atoms. The fourth-order valence-corrected chi connectivity index (χ4v) is 7.75. The van der Waals surface area contributed by atoms with E-state index in [0.717, 1.165) is 37.7 Å². The van der Waals surface area contributed by atoms with Crippen LogP contribution in [0.5, 0.6) is 5.75 Å². The summed E-state index contributed by atoms with van der Waals surface area (Å²) in [6, 6.07) is 5.52. The molecule has 1 aliphatic carbocycles. The number of nitrogens with one attached hydrogen (secondary N) is 3. The van der Waals surface area contributed by atoms with E-state index in [1.807, 2.05) is 17.5 Å². The van der Waals surface area contributed by atoms with Crippen molar-refractivity contribution in [3.8, 4) is 5.75 Å². The third-order valence-corrected chi connectivity index (χ3v) is 11.0. The molecule has 2 aliphatic rings. The number of amides is 4. The van der Waals surface area contributed by atoms with Crippen LogP contribution in [0.4, 0.5) is 0 Å². The van der Waals surface area contributed by atoms with E-state index in [1.165, 1.54) is 32.2 Å². The van der Waals surface area contributed by atoms with Gasteiger partial charge in [0.05, 0.1) is 61.1 Å². The number of ether oxygens (including phenoxy) is 2. The SMILES string of the molecule is CNC(=O)C(CC(O)C(CC1CCCCC1)NC(=O)C(Cc1cscn1)NC(=O)C(CC(=O)N1CCOCC1)Cc1ccc(OC)cc1)C(C)(C)O. The fraction of sp³-hybridized carbons (Fsp3) is 0.658. The van der Waals surface area contributed by atoms with Gasteiger partial charge in [0.15, 0.2) is 0 Å². The highest BCUT2D eigenvalue weighted by Gasteiger charge is 2.38.